The Balaban J connectivity index is 1.55. The van der Waals surface area contributed by atoms with Gasteiger partial charge < -0.3 is 9.84 Å². The first kappa shape index (κ1) is 18.3. The highest BCUT2D eigenvalue weighted by atomic mass is 16.5. The van der Waals surface area contributed by atoms with Crippen LogP contribution in [-0.4, -0.2) is 36.9 Å². The minimum Gasteiger partial charge on any atom is -0.349 e. The Bertz CT molecular complexity index is 969. The van der Waals surface area contributed by atoms with Crippen molar-refractivity contribution in [1.82, 2.24) is 30.2 Å². The van der Waals surface area contributed by atoms with Crippen LogP contribution >= 0.6 is 0 Å². The molecule has 0 unspecified atom stereocenters. The number of rotatable bonds is 4. The number of carbonyl (C=O) groups excluding carboxylic acids is 1. The van der Waals surface area contributed by atoms with Crippen LogP contribution in [0.3, 0.4) is 0 Å². The molecule has 0 atom stereocenters. The first-order valence-corrected chi connectivity index (χ1v) is 9.74. The molecule has 1 aliphatic carbocycles. The summed E-state index contributed by atoms with van der Waals surface area (Å²) in [5.74, 6) is 1.53. The molecular formula is C20H24N6O2. The molecule has 8 heteroatoms. The first-order valence-electron chi connectivity index (χ1n) is 9.74. The molecule has 3 aromatic heterocycles. The molecule has 0 radical (unpaired) electrons. The quantitative estimate of drug-likeness (QED) is 0.697. The highest BCUT2D eigenvalue weighted by Gasteiger charge is 2.20. The third-order valence-corrected chi connectivity index (χ3v) is 5.18. The molecule has 1 aliphatic rings. The molecule has 28 heavy (non-hydrogen) atoms. The van der Waals surface area contributed by atoms with Crippen molar-refractivity contribution in [1.29, 1.82) is 0 Å². The summed E-state index contributed by atoms with van der Waals surface area (Å²) in [6.45, 7) is 3.64. The molecule has 0 saturated heterocycles. The van der Waals surface area contributed by atoms with Crippen LogP contribution in [0.2, 0.25) is 0 Å². The van der Waals surface area contributed by atoms with Crippen LogP contribution in [0.25, 0.3) is 17.3 Å². The number of hydrogen-bond acceptors (Lipinski definition) is 6. The van der Waals surface area contributed by atoms with Crippen LogP contribution in [0.5, 0.6) is 0 Å². The summed E-state index contributed by atoms with van der Waals surface area (Å²) in [4.78, 5) is 21.4. The number of aromatic nitrogens is 5. The van der Waals surface area contributed by atoms with Crippen molar-refractivity contribution < 1.29 is 9.32 Å². The van der Waals surface area contributed by atoms with Gasteiger partial charge in [-0.1, -0.05) is 30.8 Å². The Morgan fingerprint density at radius 3 is 2.71 bits per heavy atom. The van der Waals surface area contributed by atoms with Gasteiger partial charge in [0, 0.05) is 17.8 Å². The Morgan fingerprint density at radius 1 is 1.21 bits per heavy atom. The molecule has 8 nitrogen and oxygen atoms in total. The van der Waals surface area contributed by atoms with Crippen molar-refractivity contribution in [2.45, 2.75) is 58.4 Å². The molecule has 3 aromatic rings. The summed E-state index contributed by atoms with van der Waals surface area (Å²) >= 11 is 0. The van der Waals surface area contributed by atoms with Gasteiger partial charge >= 0.3 is 0 Å². The average molecular weight is 380 g/mol. The smallest absolute Gasteiger partial charge is 0.258 e. The van der Waals surface area contributed by atoms with E-state index in [4.69, 9.17) is 4.52 Å². The van der Waals surface area contributed by atoms with Gasteiger partial charge in [0.1, 0.15) is 0 Å². The van der Waals surface area contributed by atoms with E-state index in [9.17, 15) is 4.79 Å². The van der Waals surface area contributed by atoms with Crippen LogP contribution in [0.1, 0.15) is 60.4 Å². The lowest BCUT2D eigenvalue weighted by atomic mass is 10.1. The fraction of sp³-hybridized carbons (Fsp3) is 0.450. The second kappa shape index (κ2) is 7.92. The first-order chi connectivity index (χ1) is 13.6. The molecule has 1 fully saturated rings. The Kier molecular flexibility index (Phi) is 5.18. The summed E-state index contributed by atoms with van der Waals surface area (Å²) in [7, 11) is 0. The van der Waals surface area contributed by atoms with Crippen molar-refractivity contribution >= 4 is 5.91 Å². The maximum atomic E-state index is 12.8. The summed E-state index contributed by atoms with van der Waals surface area (Å²) in [5, 5.41) is 11.4. The SMILES string of the molecule is Cc1noc(-c2ccnc(-n3ncc(C(=O)NC4CCCCCC4)c3C)c2)n1. The van der Waals surface area contributed by atoms with Gasteiger partial charge in [-0.3, -0.25) is 4.79 Å². The second-order valence-electron chi connectivity index (χ2n) is 7.27. The average Bonchev–Trinajstić information content (AvgIpc) is 3.20. The van der Waals surface area contributed by atoms with E-state index in [1.165, 1.54) is 25.7 Å². The molecule has 1 N–H and O–H groups in total. The summed E-state index contributed by atoms with van der Waals surface area (Å²) in [5.41, 5.74) is 2.08. The van der Waals surface area contributed by atoms with E-state index >= 15 is 0 Å². The van der Waals surface area contributed by atoms with Crippen LogP contribution < -0.4 is 5.32 Å². The van der Waals surface area contributed by atoms with Crippen molar-refractivity contribution in [3.05, 3.63) is 41.6 Å². The van der Waals surface area contributed by atoms with Gasteiger partial charge in [0.15, 0.2) is 11.6 Å². The number of aryl methyl sites for hydroxylation is 1. The summed E-state index contributed by atoms with van der Waals surface area (Å²) in [6.07, 6.45) is 10.2. The monoisotopic (exact) mass is 380 g/mol. The second-order valence-corrected chi connectivity index (χ2v) is 7.27. The van der Waals surface area contributed by atoms with Gasteiger partial charge in [-0.25, -0.2) is 9.67 Å². The Morgan fingerprint density at radius 2 is 2.00 bits per heavy atom. The predicted molar refractivity (Wildman–Crippen MR) is 103 cm³/mol. The Hall–Kier alpha value is -3.03. The third-order valence-electron chi connectivity index (χ3n) is 5.18. The van der Waals surface area contributed by atoms with E-state index < -0.39 is 0 Å². The van der Waals surface area contributed by atoms with Gasteiger partial charge in [0.2, 0.25) is 0 Å². The zero-order valence-electron chi connectivity index (χ0n) is 16.2. The number of nitrogens with one attached hydrogen (secondary N) is 1. The van der Waals surface area contributed by atoms with Crippen molar-refractivity contribution in [3.63, 3.8) is 0 Å². The number of nitrogens with zero attached hydrogens (tertiary/aromatic N) is 5. The van der Waals surface area contributed by atoms with Crippen molar-refractivity contribution in [3.8, 4) is 17.3 Å². The van der Waals surface area contributed by atoms with Gasteiger partial charge in [0.25, 0.3) is 11.8 Å². The molecule has 0 aromatic carbocycles. The molecule has 0 bridgehead atoms. The number of hydrogen-bond donors (Lipinski definition) is 1. The largest absolute Gasteiger partial charge is 0.349 e. The van der Waals surface area contributed by atoms with Gasteiger partial charge in [-0.05, 0) is 38.8 Å². The minimum atomic E-state index is -0.0701. The summed E-state index contributed by atoms with van der Waals surface area (Å²) < 4.78 is 6.89. The van der Waals surface area contributed by atoms with E-state index in [-0.39, 0.29) is 11.9 Å². The normalized spacial score (nSPS) is 15.4. The lowest BCUT2D eigenvalue weighted by molar-refractivity contribution is 0.0932. The fourth-order valence-corrected chi connectivity index (χ4v) is 3.63. The van der Waals surface area contributed by atoms with Gasteiger partial charge in [0.05, 0.1) is 17.5 Å². The molecule has 1 amide bonds. The van der Waals surface area contributed by atoms with E-state index in [0.29, 0.717) is 23.1 Å². The molecular weight excluding hydrogens is 356 g/mol. The van der Waals surface area contributed by atoms with Gasteiger partial charge in [-0.2, -0.15) is 10.1 Å². The maximum absolute atomic E-state index is 12.8. The highest BCUT2D eigenvalue weighted by molar-refractivity contribution is 5.95. The lowest BCUT2D eigenvalue weighted by Gasteiger charge is -2.16. The number of carbonyl (C=O) groups is 1. The van der Waals surface area contributed by atoms with E-state index in [1.807, 2.05) is 13.0 Å². The van der Waals surface area contributed by atoms with E-state index in [1.54, 1.807) is 30.1 Å². The molecule has 4 rings (SSSR count). The molecule has 3 heterocycles. The van der Waals surface area contributed by atoms with E-state index in [2.05, 4.69) is 25.5 Å². The zero-order chi connectivity index (χ0) is 19.5. The van der Waals surface area contributed by atoms with Crippen molar-refractivity contribution in [2.24, 2.45) is 0 Å². The van der Waals surface area contributed by atoms with Gasteiger partial charge in [-0.15, -0.1) is 0 Å². The van der Waals surface area contributed by atoms with Crippen LogP contribution in [0.4, 0.5) is 0 Å². The molecule has 1 saturated carbocycles. The van der Waals surface area contributed by atoms with Crippen LogP contribution in [0.15, 0.2) is 29.0 Å². The molecule has 146 valence electrons. The minimum absolute atomic E-state index is 0.0701. The van der Waals surface area contributed by atoms with Crippen LogP contribution in [0, 0.1) is 13.8 Å². The third kappa shape index (κ3) is 3.81. The summed E-state index contributed by atoms with van der Waals surface area (Å²) in [6, 6.07) is 3.87. The predicted octanol–water partition coefficient (Wildman–Crippen LogP) is 3.39. The maximum Gasteiger partial charge on any atom is 0.258 e. The fourth-order valence-electron chi connectivity index (χ4n) is 3.63. The number of pyridine rings is 1. The van der Waals surface area contributed by atoms with Crippen molar-refractivity contribution in [2.75, 3.05) is 0 Å². The molecule has 0 aliphatic heterocycles. The standard InChI is InChI=1S/C20H24N6O2/c1-13-17(19(27)24-16-7-5-3-4-6-8-16)12-22-26(13)18-11-15(9-10-21-18)20-23-14(2)25-28-20/h9-12,16H,3-8H2,1-2H3,(H,24,27). The topological polar surface area (TPSA) is 98.7 Å². The van der Waals surface area contributed by atoms with E-state index in [0.717, 1.165) is 24.1 Å². The zero-order valence-corrected chi connectivity index (χ0v) is 16.2. The highest BCUT2D eigenvalue weighted by Crippen LogP contribution is 2.21. The van der Waals surface area contributed by atoms with Crippen LogP contribution in [-0.2, 0) is 0 Å². The lowest BCUT2D eigenvalue weighted by Crippen LogP contribution is -2.34. The number of amides is 1. The Labute approximate surface area is 163 Å². The molecule has 0 spiro atoms.